The van der Waals surface area contributed by atoms with Crippen LogP contribution in [-0.2, 0) is 13.1 Å². The van der Waals surface area contributed by atoms with Crippen LogP contribution in [0.2, 0.25) is 0 Å². The van der Waals surface area contributed by atoms with Gasteiger partial charge in [0.25, 0.3) is 5.56 Å². The molecular formula is C26H31F3N10O. The second kappa shape index (κ2) is 11.1. The molecule has 0 spiro atoms. The predicted octanol–water partition coefficient (Wildman–Crippen LogP) is 3.59. The molecule has 1 fully saturated rings. The largest absolute Gasteiger partial charge is 0.390 e. The number of aromatic nitrogens is 7. The monoisotopic (exact) mass is 556 g/mol. The van der Waals surface area contributed by atoms with Crippen LogP contribution < -0.4 is 15.8 Å². The lowest BCUT2D eigenvalue weighted by molar-refractivity contribution is -0.137. The van der Waals surface area contributed by atoms with Gasteiger partial charge in [0.15, 0.2) is 11.5 Å². The summed E-state index contributed by atoms with van der Waals surface area (Å²) < 4.78 is 42.0. The topological polar surface area (TPSA) is 102 Å². The second-order valence-corrected chi connectivity index (χ2v) is 9.90. The zero-order valence-electron chi connectivity index (χ0n) is 22.3. The van der Waals surface area contributed by atoms with Crippen LogP contribution in [-0.4, -0.2) is 78.4 Å². The molecule has 0 saturated carbocycles. The van der Waals surface area contributed by atoms with Crippen LogP contribution in [0.25, 0.3) is 16.9 Å². The standard InChI is InChI=1S/C26H31F3N10O/c1-4-11-38-24(40)20-16-30-25(32-18-15-31-37(17-18)14-10-26(27,28)29)34-23(20)39(38)22-7-5-6-21(33-22)36(3)19-8-12-35(2)13-9-19/h4-7,15-17,19H,1,8-14H2,2-3H3,(H,30,32,34). The minimum absolute atomic E-state index is 0.159. The summed E-state index contributed by atoms with van der Waals surface area (Å²) in [5.41, 5.74) is 0.457. The van der Waals surface area contributed by atoms with E-state index in [0.29, 0.717) is 28.6 Å². The fraction of sp³-hybridized carbons (Fsp3) is 0.423. The van der Waals surface area contributed by atoms with Crippen LogP contribution in [0.1, 0.15) is 19.3 Å². The Morgan fingerprint density at radius 2 is 1.98 bits per heavy atom. The van der Waals surface area contributed by atoms with E-state index in [2.05, 4.69) is 43.8 Å². The molecule has 1 aliphatic heterocycles. The summed E-state index contributed by atoms with van der Waals surface area (Å²) in [5.74, 6) is 1.45. The maximum absolute atomic E-state index is 13.3. The molecule has 1 saturated heterocycles. The Labute approximate surface area is 228 Å². The van der Waals surface area contributed by atoms with Crippen LogP contribution in [0.5, 0.6) is 0 Å². The average Bonchev–Trinajstić information content (AvgIpc) is 3.49. The molecule has 0 aromatic carbocycles. The highest BCUT2D eigenvalue weighted by Crippen LogP contribution is 2.24. The molecule has 1 N–H and O–H groups in total. The minimum Gasteiger partial charge on any atom is -0.357 e. The Hall–Kier alpha value is -4.20. The van der Waals surface area contributed by atoms with Crippen LogP contribution in [0, 0.1) is 0 Å². The van der Waals surface area contributed by atoms with Gasteiger partial charge in [-0.05, 0) is 45.1 Å². The van der Waals surface area contributed by atoms with Crippen molar-refractivity contribution in [1.29, 1.82) is 0 Å². The highest BCUT2D eigenvalue weighted by molar-refractivity contribution is 5.77. The number of halogens is 3. The van der Waals surface area contributed by atoms with Gasteiger partial charge in [0.1, 0.15) is 11.2 Å². The average molecular weight is 557 g/mol. The van der Waals surface area contributed by atoms with E-state index in [1.807, 2.05) is 25.2 Å². The molecule has 4 aromatic heterocycles. The van der Waals surface area contributed by atoms with Crippen LogP contribution in [0.4, 0.5) is 30.6 Å². The van der Waals surface area contributed by atoms with Crippen molar-refractivity contribution >= 4 is 28.5 Å². The number of aryl methyl sites for hydroxylation is 1. The van der Waals surface area contributed by atoms with Crippen LogP contribution in [0.15, 0.2) is 54.2 Å². The molecule has 0 atom stereocenters. The highest BCUT2D eigenvalue weighted by Gasteiger charge is 2.27. The maximum atomic E-state index is 13.3. The molecule has 14 heteroatoms. The van der Waals surface area contributed by atoms with Crippen molar-refractivity contribution in [2.45, 2.75) is 44.6 Å². The molecule has 0 aliphatic carbocycles. The third-order valence-electron chi connectivity index (χ3n) is 7.03. The molecule has 0 amide bonds. The number of nitrogens with one attached hydrogen (secondary N) is 1. The van der Waals surface area contributed by atoms with Gasteiger partial charge < -0.3 is 15.1 Å². The summed E-state index contributed by atoms with van der Waals surface area (Å²) in [6.45, 7) is 5.74. The molecule has 0 bridgehead atoms. The molecule has 4 aromatic rings. The van der Waals surface area contributed by atoms with Crippen molar-refractivity contribution in [2.75, 3.05) is 37.4 Å². The zero-order chi connectivity index (χ0) is 28.4. The number of pyridine rings is 1. The second-order valence-electron chi connectivity index (χ2n) is 9.90. The lowest BCUT2D eigenvalue weighted by Gasteiger charge is -2.35. The molecule has 5 heterocycles. The lowest BCUT2D eigenvalue weighted by Crippen LogP contribution is -2.42. The van der Waals surface area contributed by atoms with E-state index in [1.54, 1.807) is 10.8 Å². The van der Waals surface area contributed by atoms with Crippen molar-refractivity contribution < 1.29 is 13.2 Å². The SMILES string of the molecule is C=CCn1c(=O)c2cnc(Nc3cnn(CCC(F)(F)F)c3)nc2n1-c1cccc(N(C)C2CCN(C)CC2)n1. The molecule has 1 aliphatic rings. The molecule has 0 radical (unpaired) electrons. The van der Waals surface area contributed by atoms with Gasteiger partial charge in [-0.25, -0.2) is 19.3 Å². The molecule has 40 heavy (non-hydrogen) atoms. The first kappa shape index (κ1) is 27.4. The normalized spacial score (nSPS) is 15.0. The summed E-state index contributed by atoms with van der Waals surface area (Å²) in [7, 11) is 4.15. The Balaban J connectivity index is 1.48. The molecule has 5 rings (SSSR count). The smallest absolute Gasteiger partial charge is 0.357 e. The number of hydrogen-bond donors (Lipinski definition) is 1. The van der Waals surface area contributed by atoms with Gasteiger partial charge in [0.05, 0.1) is 24.8 Å². The lowest BCUT2D eigenvalue weighted by atomic mass is 10.0. The first-order chi connectivity index (χ1) is 19.1. The number of fused-ring (bicyclic) bond motifs is 1. The van der Waals surface area contributed by atoms with E-state index in [9.17, 15) is 18.0 Å². The predicted molar refractivity (Wildman–Crippen MR) is 146 cm³/mol. The van der Waals surface area contributed by atoms with Crippen molar-refractivity contribution in [3.05, 3.63) is 59.8 Å². The first-order valence-electron chi connectivity index (χ1n) is 13.0. The molecule has 0 unspecified atom stereocenters. The highest BCUT2D eigenvalue weighted by atomic mass is 19.4. The minimum atomic E-state index is -4.27. The van der Waals surface area contributed by atoms with Gasteiger partial charge in [0.2, 0.25) is 5.95 Å². The third kappa shape index (κ3) is 5.86. The third-order valence-corrected chi connectivity index (χ3v) is 7.03. The van der Waals surface area contributed by atoms with Crippen molar-refractivity contribution in [1.82, 2.24) is 39.0 Å². The van der Waals surface area contributed by atoms with Crippen molar-refractivity contribution in [3.8, 4) is 5.82 Å². The number of anilines is 3. The van der Waals surface area contributed by atoms with Gasteiger partial charge >= 0.3 is 6.18 Å². The number of nitrogens with zero attached hydrogens (tertiary/aromatic N) is 9. The number of likely N-dealkylation sites (tertiary alicyclic amines) is 1. The first-order valence-corrected chi connectivity index (χ1v) is 13.0. The maximum Gasteiger partial charge on any atom is 0.390 e. The Morgan fingerprint density at radius 1 is 1.20 bits per heavy atom. The molecule has 11 nitrogen and oxygen atoms in total. The van der Waals surface area contributed by atoms with Crippen molar-refractivity contribution in [2.24, 2.45) is 0 Å². The Kier molecular flexibility index (Phi) is 7.61. The van der Waals surface area contributed by atoms with Crippen LogP contribution in [0.3, 0.4) is 0 Å². The van der Waals surface area contributed by atoms with Gasteiger partial charge in [-0.3, -0.25) is 9.48 Å². The summed E-state index contributed by atoms with van der Waals surface area (Å²) in [6.07, 6.45) is 2.67. The summed E-state index contributed by atoms with van der Waals surface area (Å²) in [5, 5.41) is 7.23. The fourth-order valence-electron chi connectivity index (χ4n) is 4.83. The fourth-order valence-corrected chi connectivity index (χ4v) is 4.83. The summed E-state index contributed by atoms with van der Waals surface area (Å²) in [4.78, 5) is 31.5. The Morgan fingerprint density at radius 3 is 2.70 bits per heavy atom. The number of rotatable bonds is 9. The number of hydrogen-bond acceptors (Lipinski definition) is 8. The van der Waals surface area contributed by atoms with Gasteiger partial charge in [-0.15, -0.1) is 6.58 Å². The van der Waals surface area contributed by atoms with E-state index >= 15 is 0 Å². The van der Waals surface area contributed by atoms with E-state index < -0.39 is 12.6 Å². The number of piperidine rings is 1. The summed E-state index contributed by atoms with van der Waals surface area (Å²) in [6, 6.07) is 6.01. The quantitative estimate of drug-likeness (QED) is 0.312. The van der Waals surface area contributed by atoms with E-state index in [-0.39, 0.29) is 24.6 Å². The molecular weight excluding hydrogens is 525 g/mol. The van der Waals surface area contributed by atoms with E-state index in [4.69, 9.17) is 4.98 Å². The van der Waals surface area contributed by atoms with Crippen LogP contribution >= 0.6 is 0 Å². The van der Waals surface area contributed by atoms with E-state index in [1.165, 1.54) is 28.0 Å². The Bertz CT molecular complexity index is 1550. The van der Waals surface area contributed by atoms with E-state index in [0.717, 1.165) is 31.7 Å². The zero-order valence-corrected chi connectivity index (χ0v) is 22.3. The number of alkyl halides is 3. The van der Waals surface area contributed by atoms with Gasteiger partial charge in [0, 0.05) is 32.0 Å². The summed E-state index contributed by atoms with van der Waals surface area (Å²) >= 11 is 0. The van der Waals surface area contributed by atoms with Gasteiger partial charge in [-0.1, -0.05) is 12.1 Å². The van der Waals surface area contributed by atoms with Crippen molar-refractivity contribution in [3.63, 3.8) is 0 Å². The number of allylic oxidation sites excluding steroid dienone is 1. The molecule has 212 valence electrons. The van der Waals surface area contributed by atoms with Gasteiger partial charge in [-0.2, -0.15) is 23.3 Å².